The van der Waals surface area contributed by atoms with Gasteiger partial charge in [-0.05, 0) is 12.0 Å². The van der Waals surface area contributed by atoms with Gasteiger partial charge in [-0.15, -0.1) is 0 Å². The molecule has 1 N–H and O–H groups in total. The van der Waals surface area contributed by atoms with E-state index in [1.807, 2.05) is 30.3 Å². The van der Waals surface area contributed by atoms with Gasteiger partial charge in [-0.3, -0.25) is 0 Å². The lowest BCUT2D eigenvalue weighted by Crippen LogP contribution is -2.45. The molecule has 2 saturated heterocycles. The van der Waals surface area contributed by atoms with E-state index in [0.29, 0.717) is 13.2 Å². The summed E-state index contributed by atoms with van der Waals surface area (Å²) in [6.45, 7) is 0.934. The van der Waals surface area contributed by atoms with Gasteiger partial charge in [-0.1, -0.05) is 30.3 Å². The molecule has 17 heavy (non-hydrogen) atoms. The van der Waals surface area contributed by atoms with Crippen LogP contribution in [0.2, 0.25) is 0 Å². The van der Waals surface area contributed by atoms with Gasteiger partial charge in [0.25, 0.3) is 0 Å². The van der Waals surface area contributed by atoms with Crippen molar-refractivity contribution in [1.29, 1.82) is 0 Å². The Morgan fingerprint density at radius 2 is 2.18 bits per heavy atom. The first-order chi connectivity index (χ1) is 8.25. The molecule has 1 amide bonds. The third-order valence-corrected chi connectivity index (χ3v) is 3.69. The van der Waals surface area contributed by atoms with Crippen LogP contribution in [0.3, 0.4) is 0 Å². The molecule has 1 saturated carbocycles. The van der Waals surface area contributed by atoms with Crippen molar-refractivity contribution < 1.29 is 14.6 Å². The van der Waals surface area contributed by atoms with Crippen molar-refractivity contribution in [3.05, 3.63) is 35.9 Å². The molecule has 2 bridgehead atoms. The van der Waals surface area contributed by atoms with E-state index < -0.39 is 0 Å². The maximum absolute atomic E-state index is 11.8. The highest BCUT2D eigenvalue weighted by atomic mass is 16.6. The Balaban J connectivity index is 1.55. The number of fused-ring (bicyclic) bond motifs is 1. The molecule has 2 aliphatic heterocycles. The Hall–Kier alpha value is -1.55. The predicted molar refractivity (Wildman–Crippen MR) is 61.2 cm³/mol. The molecule has 90 valence electrons. The number of hydrogen-bond acceptors (Lipinski definition) is 3. The van der Waals surface area contributed by atoms with E-state index in [0.717, 1.165) is 12.0 Å². The number of amides is 1. The van der Waals surface area contributed by atoms with Crippen LogP contribution in [-0.4, -0.2) is 34.8 Å². The van der Waals surface area contributed by atoms with Crippen molar-refractivity contribution in [2.45, 2.75) is 25.2 Å². The molecular formula is C13H15NO3. The van der Waals surface area contributed by atoms with Crippen LogP contribution in [0.25, 0.3) is 0 Å². The van der Waals surface area contributed by atoms with Crippen molar-refractivity contribution in [2.75, 3.05) is 6.54 Å². The van der Waals surface area contributed by atoms with Gasteiger partial charge in [-0.25, -0.2) is 4.79 Å². The van der Waals surface area contributed by atoms with Crippen LogP contribution in [-0.2, 0) is 11.3 Å². The average Bonchev–Trinajstić information content (AvgIpc) is 2.95. The van der Waals surface area contributed by atoms with E-state index in [-0.39, 0.29) is 24.2 Å². The van der Waals surface area contributed by atoms with Gasteiger partial charge >= 0.3 is 6.09 Å². The zero-order valence-electron chi connectivity index (χ0n) is 9.45. The van der Waals surface area contributed by atoms with Crippen LogP contribution in [0.1, 0.15) is 12.0 Å². The summed E-state index contributed by atoms with van der Waals surface area (Å²) < 4.78 is 5.23. The van der Waals surface area contributed by atoms with Crippen LogP contribution in [0, 0.1) is 5.92 Å². The highest BCUT2D eigenvalue weighted by molar-refractivity contribution is 5.69. The molecule has 2 heterocycles. The van der Waals surface area contributed by atoms with E-state index in [9.17, 15) is 9.90 Å². The van der Waals surface area contributed by atoms with Crippen LogP contribution in [0.15, 0.2) is 30.3 Å². The maximum atomic E-state index is 11.8. The topological polar surface area (TPSA) is 49.8 Å². The monoisotopic (exact) mass is 233 g/mol. The summed E-state index contributed by atoms with van der Waals surface area (Å²) in [5.74, 6) is 0.268. The first-order valence-corrected chi connectivity index (χ1v) is 5.91. The van der Waals surface area contributed by atoms with Crippen LogP contribution < -0.4 is 0 Å². The van der Waals surface area contributed by atoms with E-state index >= 15 is 0 Å². The minimum absolute atomic E-state index is 0.0109. The van der Waals surface area contributed by atoms with Crippen molar-refractivity contribution in [2.24, 2.45) is 5.92 Å². The minimum Gasteiger partial charge on any atom is -0.445 e. The minimum atomic E-state index is -0.334. The second-order valence-electron chi connectivity index (χ2n) is 4.75. The average molecular weight is 233 g/mol. The zero-order valence-corrected chi connectivity index (χ0v) is 9.45. The highest BCUT2D eigenvalue weighted by Crippen LogP contribution is 2.41. The van der Waals surface area contributed by atoms with Crippen LogP contribution in [0.5, 0.6) is 0 Å². The van der Waals surface area contributed by atoms with E-state index in [2.05, 4.69) is 0 Å². The Kier molecular flexibility index (Phi) is 2.52. The normalized spacial score (nSPS) is 29.9. The van der Waals surface area contributed by atoms with Crippen LogP contribution >= 0.6 is 0 Å². The van der Waals surface area contributed by atoms with Crippen molar-refractivity contribution in [3.63, 3.8) is 0 Å². The number of ether oxygens (including phenoxy) is 1. The first kappa shape index (κ1) is 10.6. The highest BCUT2D eigenvalue weighted by Gasteiger charge is 2.53. The SMILES string of the molecule is O=C(OCc1ccccc1)N1C[C@H]2C[C@@H]1[C@@H]2O. The summed E-state index contributed by atoms with van der Waals surface area (Å²) >= 11 is 0. The second kappa shape index (κ2) is 4.04. The molecule has 0 radical (unpaired) electrons. The van der Waals surface area contributed by atoms with Gasteiger partial charge in [0.2, 0.25) is 0 Å². The van der Waals surface area contributed by atoms with Gasteiger partial charge in [0.05, 0.1) is 12.1 Å². The van der Waals surface area contributed by atoms with E-state index in [4.69, 9.17) is 4.74 Å². The van der Waals surface area contributed by atoms with Crippen LogP contribution in [0.4, 0.5) is 4.79 Å². The number of aliphatic hydroxyl groups excluding tert-OH is 1. The first-order valence-electron chi connectivity index (χ1n) is 5.91. The molecule has 0 spiro atoms. The lowest BCUT2D eigenvalue weighted by Gasteiger charge is -2.31. The van der Waals surface area contributed by atoms with Crippen molar-refractivity contribution in [3.8, 4) is 0 Å². The number of nitrogens with zero attached hydrogens (tertiary/aromatic N) is 1. The molecule has 3 fully saturated rings. The van der Waals surface area contributed by atoms with Gasteiger partial charge < -0.3 is 14.7 Å². The molecule has 3 atom stereocenters. The summed E-state index contributed by atoms with van der Waals surface area (Å²) in [5, 5.41) is 9.60. The van der Waals surface area contributed by atoms with Crippen molar-refractivity contribution >= 4 is 6.09 Å². The molecule has 3 aliphatic rings. The lowest BCUT2D eigenvalue weighted by atomic mass is 9.83. The smallest absolute Gasteiger partial charge is 0.410 e. The Morgan fingerprint density at radius 3 is 2.76 bits per heavy atom. The van der Waals surface area contributed by atoms with Gasteiger partial charge in [0.1, 0.15) is 6.61 Å². The Labute approximate surface area is 99.8 Å². The summed E-state index contributed by atoms with van der Waals surface area (Å²) in [4.78, 5) is 13.4. The maximum Gasteiger partial charge on any atom is 0.410 e. The molecular weight excluding hydrogens is 218 g/mol. The van der Waals surface area contributed by atoms with Gasteiger partial charge in [-0.2, -0.15) is 0 Å². The number of aliphatic hydroxyl groups is 1. The molecule has 0 unspecified atom stereocenters. The molecule has 1 aromatic rings. The molecule has 1 aromatic carbocycles. The van der Waals surface area contributed by atoms with E-state index in [1.54, 1.807) is 4.90 Å². The fraction of sp³-hybridized carbons (Fsp3) is 0.462. The summed E-state index contributed by atoms with van der Waals surface area (Å²) in [5.41, 5.74) is 0.980. The standard InChI is InChI=1S/C13H15NO3/c15-12-10-6-11(12)14(7-10)13(16)17-8-9-4-2-1-3-5-9/h1-5,10-12,15H,6-8H2/t10-,11-,12-/m1/s1. The molecule has 1 aliphatic carbocycles. The Bertz CT molecular complexity index is 420. The van der Waals surface area contributed by atoms with Crippen molar-refractivity contribution in [1.82, 2.24) is 4.90 Å². The third-order valence-electron chi connectivity index (χ3n) is 3.69. The molecule has 4 nitrogen and oxygen atoms in total. The molecule has 4 rings (SSSR count). The summed E-state index contributed by atoms with van der Waals surface area (Å²) in [6.07, 6.45) is 0.277. The summed E-state index contributed by atoms with van der Waals surface area (Å²) in [6, 6.07) is 9.59. The molecule has 4 heteroatoms. The number of carbonyl (C=O) groups excluding carboxylic acids is 1. The number of hydrogen-bond donors (Lipinski definition) is 1. The quantitative estimate of drug-likeness (QED) is 0.839. The number of carbonyl (C=O) groups is 1. The molecule has 0 aromatic heterocycles. The largest absolute Gasteiger partial charge is 0.445 e. The third kappa shape index (κ3) is 1.78. The van der Waals surface area contributed by atoms with Gasteiger partial charge in [0, 0.05) is 12.5 Å². The predicted octanol–water partition coefficient (Wildman–Crippen LogP) is 1.39. The number of rotatable bonds is 2. The fourth-order valence-electron chi connectivity index (χ4n) is 2.60. The summed E-state index contributed by atoms with van der Waals surface area (Å²) in [7, 11) is 0. The lowest BCUT2D eigenvalue weighted by molar-refractivity contribution is 0.0177. The number of benzene rings is 1. The van der Waals surface area contributed by atoms with E-state index in [1.165, 1.54) is 0 Å². The van der Waals surface area contributed by atoms with Gasteiger partial charge in [0.15, 0.2) is 0 Å². The zero-order chi connectivity index (χ0) is 11.8. The fourth-order valence-corrected chi connectivity index (χ4v) is 2.60. The second-order valence-corrected chi connectivity index (χ2v) is 4.75. The Morgan fingerprint density at radius 1 is 1.41 bits per heavy atom.